The number of phenolic OH excluding ortho intramolecular Hbond substituents is 2. The lowest BCUT2D eigenvalue weighted by Crippen LogP contribution is -1.97. The van der Waals surface area contributed by atoms with Crippen LogP contribution in [0.2, 0.25) is 0 Å². The molecule has 0 spiro atoms. The lowest BCUT2D eigenvalue weighted by molar-refractivity contribution is -0.385. The van der Waals surface area contributed by atoms with Gasteiger partial charge in [0.05, 0.1) is 4.92 Å². The van der Waals surface area contributed by atoms with Crippen molar-refractivity contribution in [2.75, 3.05) is 0 Å². The van der Waals surface area contributed by atoms with Gasteiger partial charge >= 0.3 is 5.69 Å². The maximum absolute atomic E-state index is 10.4. The quantitative estimate of drug-likeness (QED) is 0.437. The molecule has 2 rings (SSSR count). The van der Waals surface area contributed by atoms with Crippen LogP contribution < -0.4 is 0 Å². The van der Waals surface area contributed by atoms with Crippen LogP contribution >= 0.6 is 0 Å². The Hall–Kier alpha value is -2.65. The number of benzene rings is 2. The summed E-state index contributed by atoms with van der Waals surface area (Å²) in [4.78, 5) is 8.97. The first kappa shape index (κ1) is 16.4. The Balaban J connectivity index is 0.000000211. The summed E-state index contributed by atoms with van der Waals surface area (Å²) in [5.74, 6) is -0.748. The van der Waals surface area contributed by atoms with E-state index < -0.39 is 25.7 Å². The molecule has 0 saturated heterocycles. The summed E-state index contributed by atoms with van der Waals surface area (Å²) in [5, 5.41) is 27.8. The summed E-state index contributed by atoms with van der Waals surface area (Å²) in [6, 6.07) is 10.7. The fraction of sp³-hybridized carbons (Fsp3) is 0. The number of para-hydroxylation sites is 3. The van der Waals surface area contributed by atoms with Crippen LogP contribution in [0.25, 0.3) is 0 Å². The van der Waals surface area contributed by atoms with Gasteiger partial charge in [0.25, 0.3) is 10.1 Å². The molecule has 0 aliphatic rings. The molecular formula is C12H11NO7S. The molecule has 0 heterocycles. The second-order valence-electron chi connectivity index (χ2n) is 3.69. The molecular weight excluding hydrogens is 302 g/mol. The van der Waals surface area contributed by atoms with Gasteiger partial charge in [0.15, 0.2) is 5.75 Å². The van der Waals surface area contributed by atoms with E-state index in [2.05, 4.69) is 0 Å². The van der Waals surface area contributed by atoms with Crippen molar-refractivity contribution in [2.24, 2.45) is 0 Å². The van der Waals surface area contributed by atoms with E-state index in [1.54, 1.807) is 0 Å². The number of nitro benzene ring substituents is 1. The minimum Gasteiger partial charge on any atom is -0.506 e. The van der Waals surface area contributed by atoms with Crippen LogP contribution in [0.3, 0.4) is 0 Å². The van der Waals surface area contributed by atoms with Crippen molar-refractivity contribution in [3.05, 3.63) is 58.6 Å². The van der Waals surface area contributed by atoms with Gasteiger partial charge in [-0.25, -0.2) is 0 Å². The average Bonchev–Trinajstić information content (AvgIpc) is 2.39. The molecule has 0 aliphatic heterocycles. The first-order valence-corrected chi connectivity index (χ1v) is 6.85. The van der Waals surface area contributed by atoms with E-state index >= 15 is 0 Å². The van der Waals surface area contributed by atoms with Gasteiger partial charge in [-0.2, -0.15) is 8.42 Å². The lowest BCUT2D eigenvalue weighted by Gasteiger charge is -1.97. The number of hydrogen-bond donors (Lipinski definition) is 3. The highest BCUT2D eigenvalue weighted by molar-refractivity contribution is 7.86. The third kappa shape index (κ3) is 4.75. The first-order valence-electron chi connectivity index (χ1n) is 5.41. The zero-order valence-electron chi connectivity index (χ0n) is 10.4. The van der Waals surface area contributed by atoms with Crippen molar-refractivity contribution in [2.45, 2.75) is 4.90 Å². The Morgan fingerprint density at radius 1 is 0.905 bits per heavy atom. The molecule has 21 heavy (non-hydrogen) atoms. The van der Waals surface area contributed by atoms with Crippen molar-refractivity contribution in [1.29, 1.82) is 0 Å². The second kappa shape index (κ2) is 6.68. The molecule has 0 aliphatic carbocycles. The number of nitrogens with zero attached hydrogens (tertiary/aromatic N) is 1. The van der Waals surface area contributed by atoms with Crippen molar-refractivity contribution in [3.63, 3.8) is 0 Å². The van der Waals surface area contributed by atoms with Gasteiger partial charge in [0, 0.05) is 6.07 Å². The maximum atomic E-state index is 10.4. The number of aromatic hydroxyl groups is 2. The van der Waals surface area contributed by atoms with Crippen molar-refractivity contribution < 1.29 is 28.1 Å². The van der Waals surface area contributed by atoms with Gasteiger partial charge in [-0.15, -0.1) is 0 Å². The van der Waals surface area contributed by atoms with Crippen LogP contribution in [0.4, 0.5) is 5.69 Å². The molecule has 2 aromatic rings. The van der Waals surface area contributed by atoms with Crippen molar-refractivity contribution in [1.82, 2.24) is 0 Å². The maximum Gasteiger partial charge on any atom is 0.310 e. The van der Waals surface area contributed by atoms with Gasteiger partial charge in [0.2, 0.25) is 0 Å². The fourth-order valence-electron chi connectivity index (χ4n) is 1.29. The van der Waals surface area contributed by atoms with E-state index in [9.17, 15) is 18.5 Å². The predicted octanol–water partition coefficient (Wildman–Crippen LogP) is 1.94. The van der Waals surface area contributed by atoms with Gasteiger partial charge in [-0.3, -0.25) is 14.7 Å². The van der Waals surface area contributed by atoms with Crippen molar-refractivity contribution in [3.8, 4) is 11.5 Å². The minimum absolute atomic E-state index is 0.262. The van der Waals surface area contributed by atoms with E-state index in [0.29, 0.717) is 0 Å². The highest BCUT2D eigenvalue weighted by Crippen LogP contribution is 2.23. The van der Waals surface area contributed by atoms with Crippen LogP contribution in [0.5, 0.6) is 11.5 Å². The monoisotopic (exact) mass is 313 g/mol. The Morgan fingerprint density at radius 2 is 1.38 bits per heavy atom. The molecule has 0 fully saturated rings. The molecule has 0 aromatic heterocycles. The minimum atomic E-state index is -4.28. The molecule has 9 heteroatoms. The van der Waals surface area contributed by atoms with E-state index in [-0.39, 0.29) is 11.4 Å². The van der Waals surface area contributed by atoms with Gasteiger partial charge in [-0.05, 0) is 18.2 Å². The van der Waals surface area contributed by atoms with Crippen LogP contribution in [0.1, 0.15) is 0 Å². The molecule has 0 radical (unpaired) electrons. The van der Waals surface area contributed by atoms with E-state index in [4.69, 9.17) is 14.8 Å². The van der Waals surface area contributed by atoms with Crippen LogP contribution in [0, 0.1) is 10.1 Å². The predicted molar refractivity (Wildman–Crippen MR) is 72.7 cm³/mol. The fourth-order valence-corrected chi connectivity index (χ4v) is 1.88. The largest absolute Gasteiger partial charge is 0.506 e. The van der Waals surface area contributed by atoms with E-state index in [0.717, 1.165) is 6.07 Å². The summed E-state index contributed by atoms with van der Waals surface area (Å²) in [6.07, 6.45) is 0. The van der Waals surface area contributed by atoms with Gasteiger partial charge in [-0.1, -0.05) is 24.3 Å². The summed E-state index contributed by atoms with van der Waals surface area (Å²) >= 11 is 0. The van der Waals surface area contributed by atoms with Crippen LogP contribution in [0.15, 0.2) is 53.4 Å². The molecule has 0 unspecified atom stereocenters. The molecule has 0 amide bonds. The molecule has 2 aromatic carbocycles. The zero-order valence-corrected chi connectivity index (χ0v) is 11.3. The molecule has 112 valence electrons. The second-order valence-corrected chi connectivity index (χ2v) is 5.08. The summed E-state index contributed by atoms with van der Waals surface area (Å²) < 4.78 is 29.4. The van der Waals surface area contributed by atoms with Gasteiger partial charge < -0.3 is 10.2 Å². The SMILES string of the molecule is O=S(=O)(O)c1ccccc1O.O=[N+]([O-])c1ccccc1O. The van der Waals surface area contributed by atoms with Crippen molar-refractivity contribution >= 4 is 15.8 Å². The molecule has 0 bridgehead atoms. The highest BCUT2D eigenvalue weighted by Gasteiger charge is 2.13. The summed E-state index contributed by atoms with van der Waals surface area (Å²) in [6.45, 7) is 0. The van der Waals surface area contributed by atoms with E-state index in [1.165, 1.54) is 42.5 Å². The Labute approximate surface area is 119 Å². The third-order valence-electron chi connectivity index (χ3n) is 2.22. The Bertz CT molecular complexity index is 743. The highest BCUT2D eigenvalue weighted by atomic mass is 32.2. The van der Waals surface area contributed by atoms with Crippen LogP contribution in [-0.4, -0.2) is 28.1 Å². The number of rotatable bonds is 2. The molecule has 0 saturated carbocycles. The smallest absolute Gasteiger partial charge is 0.310 e. The molecule has 3 N–H and O–H groups in total. The number of hydrogen-bond acceptors (Lipinski definition) is 6. The average molecular weight is 313 g/mol. The molecule has 8 nitrogen and oxygen atoms in total. The van der Waals surface area contributed by atoms with E-state index in [1.807, 2.05) is 0 Å². The topological polar surface area (TPSA) is 138 Å². The summed E-state index contributed by atoms with van der Waals surface area (Å²) in [5.41, 5.74) is -0.262. The zero-order chi connectivity index (χ0) is 16.0. The first-order chi connectivity index (χ1) is 9.73. The van der Waals surface area contributed by atoms with Crippen LogP contribution in [-0.2, 0) is 10.1 Å². The molecule has 0 atom stereocenters. The van der Waals surface area contributed by atoms with Gasteiger partial charge in [0.1, 0.15) is 10.6 Å². The number of phenols is 2. The lowest BCUT2D eigenvalue weighted by atomic mass is 10.3. The standard InChI is InChI=1S/C6H5NO3.C6H6O4S/c8-6-4-2-1-3-5(6)7(9)10;7-5-3-1-2-4-6(5)11(8,9)10/h1-4,8H;1-4,7H,(H,8,9,10). The normalized spacial score (nSPS) is 10.3. The Kier molecular flexibility index (Phi) is 5.22. The third-order valence-corrected chi connectivity index (χ3v) is 3.12. The summed E-state index contributed by atoms with van der Waals surface area (Å²) in [7, 11) is -4.28. The Morgan fingerprint density at radius 3 is 1.71 bits per heavy atom. The number of nitro groups is 1.